The molecule has 1 aliphatic rings. The third-order valence-corrected chi connectivity index (χ3v) is 4.30. The zero-order chi connectivity index (χ0) is 11.3. The Hall–Kier alpha value is 0.310. The molecule has 0 spiro atoms. The minimum atomic E-state index is -0.0395. The van der Waals surface area contributed by atoms with Crippen LogP contribution in [0.2, 0.25) is 0 Å². The van der Waals surface area contributed by atoms with Gasteiger partial charge in [-0.2, -0.15) is 11.8 Å². The molecule has 0 radical (unpaired) electrons. The predicted octanol–water partition coefficient (Wildman–Crippen LogP) is 3.56. The summed E-state index contributed by atoms with van der Waals surface area (Å²) in [6, 6.07) is 0. The molecule has 0 aromatic carbocycles. The second-order valence-corrected chi connectivity index (χ2v) is 6.37. The fraction of sp³-hybridized carbons (Fsp3) is 1.00. The first-order valence-corrected chi connectivity index (χ1v) is 7.69. The molecule has 3 unspecified atom stereocenters. The minimum Gasteiger partial charge on any atom is -0.393 e. The first kappa shape index (κ1) is 13.4. The van der Waals surface area contributed by atoms with Crippen LogP contribution >= 0.6 is 11.8 Å². The van der Waals surface area contributed by atoms with Crippen molar-refractivity contribution in [1.82, 2.24) is 0 Å². The van der Waals surface area contributed by atoms with Crippen LogP contribution in [0.5, 0.6) is 0 Å². The van der Waals surface area contributed by atoms with Gasteiger partial charge < -0.3 is 5.11 Å². The fourth-order valence-electron chi connectivity index (χ4n) is 3.00. The van der Waals surface area contributed by atoms with Crippen LogP contribution in [-0.4, -0.2) is 23.2 Å². The van der Waals surface area contributed by atoms with E-state index in [0.717, 1.165) is 18.3 Å². The second-order valence-electron chi connectivity index (χ2n) is 5.38. The quantitative estimate of drug-likeness (QED) is 0.729. The van der Waals surface area contributed by atoms with Crippen LogP contribution in [-0.2, 0) is 0 Å². The van der Waals surface area contributed by atoms with E-state index in [2.05, 4.69) is 20.1 Å². The second kappa shape index (κ2) is 6.80. The summed E-state index contributed by atoms with van der Waals surface area (Å²) >= 11 is 1.88. The number of aliphatic hydroxyl groups is 1. The Kier molecular flexibility index (Phi) is 6.06. The zero-order valence-electron chi connectivity index (χ0n) is 10.4. The van der Waals surface area contributed by atoms with Crippen LogP contribution < -0.4 is 0 Å². The number of hydrogen-bond donors (Lipinski definition) is 1. The maximum atomic E-state index is 10.1. The molecule has 0 bridgehead atoms. The van der Waals surface area contributed by atoms with Gasteiger partial charge in [0.15, 0.2) is 0 Å². The highest BCUT2D eigenvalue weighted by molar-refractivity contribution is 7.98. The van der Waals surface area contributed by atoms with Crippen LogP contribution in [0.15, 0.2) is 0 Å². The van der Waals surface area contributed by atoms with Crippen LogP contribution in [0, 0.1) is 17.8 Å². The highest BCUT2D eigenvalue weighted by atomic mass is 32.2. The van der Waals surface area contributed by atoms with Gasteiger partial charge in [0.2, 0.25) is 0 Å². The summed E-state index contributed by atoms with van der Waals surface area (Å²) in [5, 5.41) is 10.1. The minimum absolute atomic E-state index is 0.0395. The lowest BCUT2D eigenvalue weighted by Gasteiger charge is -2.34. The van der Waals surface area contributed by atoms with Crippen molar-refractivity contribution in [2.24, 2.45) is 17.8 Å². The van der Waals surface area contributed by atoms with Crippen molar-refractivity contribution in [2.75, 3.05) is 12.0 Å². The van der Waals surface area contributed by atoms with Crippen molar-refractivity contribution in [3.63, 3.8) is 0 Å². The molecule has 1 rings (SSSR count). The normalized spacial score (nSPS) is 34.0. The molecule has 0 heterocycles. The standard InChI is InChI=1S/C13H26OS/c1-10-7-11(2)9-12(8-10)13(14)5-4-6-15-3/h10-14H,4-9H2,1-3H3. The summed E-state index contributed by atoms with van der Waals surface area (Å²) in [4.78, 5) is 0. The molecule has 3 atom stereocenters. The number of rotatable bonds is 5. The van der Waals surface area contributed by atoms with E-state index < -0.39 is 0 Å². The summed E-state index contributed by atoms with van der Waals surface area (Å²) < 4.78 is 0. The molecule has 2 heteroatoms. The van der Waals surface area contributed by atoms with Gasteiger partial charge in [0.1, 0.15) is 0 Å². The molecular weight excluding hydrogens is 204 g/mol. The van der Waals surface area contributed by atoms with Crippen molar-refractivity contribution in [2.45, 2.75) is 52.1 Å². The summed E-state index contributed by atoms with van der Waals surface area (Å²) in [5.74, 6) is 3.39. The van der Waals surface area contributed by atoms with E-state index in [-0.39, 0.29) is 6.10 Å². The molecule has 1 fully saturated rings. The van der Waals surface area contributed by atoms with Crippen LogP contribution in [0.25, 0.3) is 0 Å². The third kappa shape index (κ3) is 4.78. The van der Waals surface area contributed by atoms with E-state index in [1.807, 2.05) is 11.8 Å². The van der Waals surface area contributed by atoms with Gasteiger partial charge in [0, 0.05) is 0 Å². The predicted molar refractivity (Wildman–Crippen MR) is 69.3 cm³/mol. The lowest BCUT2D eigenvalue weighted by atomic mass is 9.74. The molecule has 0 aliphatic heterocycles. The number of thioether (sulfide) groups is 1. The molecule has 1 N–H and O–H groups in total. The first-order valence-electron chi connectivity index (χ1n) is 6.30. The van der Waals surface area contributed by atoms with E-state index in [4.69, 9.17) is 0 Å². The van der Waals surface area contributed by atoms with Gasteiger partial charge in [0.25, 0.3) is 0 Å². The molecule has 0 aromatic rings. The lowest BCUT2D eigenvalue weighted by Crippen LogP contribution is -2.29. The summed E-state index contributed by atoms with van der Waals surface area (Å²) in [6.07, 6.45) is 8.11. The summed E-state index contributed by atoms with van der Waals surface area (Å²) in [6.45, 7) is 4.66. The Balaban J connectivity index is 2.28. The SMILES string of the molecule is CSCCCC(O)C1CC(C)CC(C)C1. The Morgan fingerprint density at radius 2 is 1.80 bits per heavy atom. The summed E-state index contributed by atoms with van der Waals surface area (Å²) in [7, 11) is 0. The van der Waals surface area contributed by atoms with Gasteiger partial charge >= 0.3 is 0 Å². The molecule has 90 valence electrons. The molecule has 0 amide bonds. The van der Waals surface area contributed by atoms with Crippen molar-refractivity contribution < 1.29 is 5.11 Å². The highest BCUT2D eigenvalue weighted by Crippen LogP contribution is 2.35. The van der Waals surface area contributed by atoms with Crippen molar-refractivity contribution in [1.29, 1.82) is 0 Å². The largest absolute Gasteiger partial charge is 0.393 e. The highest BCUT2D eigenvalue weighted by Gasteiger charge is 2.28. The maximum Gasteiger partial charge on any atom is 0.0568 e. The number of aliphatic hydroxyl groups excluding tert-OH is 1. The van der Waals surface area contributed by atoms with Gasteiger partial charge in [-0.15, -0.1) is 0 Å². The fourth-order valence-corrected chi connectivity index (χ4v) is 3.45. The van der Waals surface area contributed by atoms with Crippen molar-refractivity contribution in [3.8, 4) is 0 Å². The van der Waals surface area contributed by atoms with Gasteiger partial charge in [-0.25, -0.2) is 0 Å². The number of hydrogen-bond acceptors (Lipinski definition) is 2. The average molecular weight is 230 g/mol. The van der Waals surface area contributed by atoms with Gasteiger partial charge in [-0.1, -0.05) is 13.8 Å². The molecule has 0 aromatic heterocycles. The Labute approximate surface area is 99.0 Å². The third-order valence-electron chi connectivity index (χ3n) is 3.61. The molecule has 0 saturated heterocycles. The van der Waals surface area contributed by atoms with Gasteiger partial charge in [0.05, 0.1) is 6.10 Å². The van der Waals surface area contributed by atoms with E-state index in [0.29, 0.717) is 5.92 Å². The van der Waals surface area contributed by atoms with E-state index in [1.165, 1.54) is 31.4 Å². The molecule has 15 heavy (non-hydrogen) atoms. The molecule has 1 aliphatic carbocycles. The monoisotopic (exact) mass is 230 g/mol. The van der Waals surface area contributed by atoms with Crippen LogP contribution in [0.1, 0.15) is 46.0 Å². The topological polar surface area (TPSA) is 20.2 Å². The lowest BCUT2D eigenvalue weighted by molar-refractivity contribution is 0.0495. The van der Waals surface area contributed by atoms with E-state index in [1.54, 1.807) is 0 Å². The van der Waals surface area contributed by atoms with Crippen LogP contribution in [0.4, 0.5) is 0 Å². The van der Waals surface area contributed by atoms with E-state index in [9.17, 15) is 5.11 Å². The zero-order valence-corrected chi connectivity index (χ0v) is 11.2. The van der Waals surface area contributed by atoms with Crippen molar-refractivity contribution >= 4 is 11.8 Å². The Bertz CT molecular complexity index is 162. The van der Waals surface area contributed by atoms with Crippen molar-refractivity contribution in [3.05, 3.63) is 0 Å². The molecule has 1 saturated carbocycles. The van der Waals surface area contributed by atoms with Gasteiger partial charge in [-0.05, 0) is 61.9 Å². The first-order chi connectivity index (χ1) is 7.13. The summed E-state index contributed by atoms with van der Waals surface area (Å²) in [5.41, 5.74) is 0. The Morgan fingerprint density at radius 1 is 1.20 bits per heavy atom. The van der Waals surface area contributed by atoms with Crippen LogP contribution in [0.3, 0.4) is 0 Å². The van der Waals surface area contributed by atoms with E-state index >= 15 is 0 Å². The average Bonchev–Trinajstić information content (AvgIpc) is 2.16. The maximum absolute atomic E-state index is 10.1. The van der Waals surface area contributed by atoms with Gasteiger partial charge in [-0.3, -0.25) is 0 Å². The molecular formula is C13H26OS. The Morgan fingerprint density at radius 3 is 2.33 bits per heavy atom. The molecule has 1 nitrogen and oxygen atoms in total. The smallest absolute Gasteiger partial charge is 0.0568 e.